The molecule has 1 aromatic heterocycles. The Balaban J connectivity index is 2.35. The van der Waals surface area contributed by atoms with E-state index in [4.69, 9.17) is 17.3 Å². The van der Waals surface area contributed by atoms with Gasteiger partial charge in [0.25, 0.3) is 5.56 Å². The van der Waals surface area contributed by atoms with Gasteiger partial charge in [-0.1, -0.05) is 31.5 Å². The van der Waals surface area contributed by atoms with Gasteiger partial charge in [0.15, 0.2) is 5.78 Å². The number of hydrogen-bond acceptors (Lipinski definition) is 5. The lowest BCUT2D eigenvalue weighted by atomic mass is 10.1. The third kappa shape index (κ3) is 4.51. The zero-order chi connectivity index (χ0) is 21.2. The standard InChI is InChI=1S/C19H24ClFN4O3/c1-11(2)8-25-17(22)16(18(27)24(4)19(25)28)15(26)10-23(3)9-12-13(20)6-5-7-14(12)21/h5-7,11H,8-10,22H2,1-4H3. The van der Waals surface area contributed by atoms with Crippen LogP contribution in [0.5, 0.6) is 0 Å². The van der Waals surface area contributed by atoms with Crippen molar-refractivity contribution in [3.8, 4) is 0 Å². The number of carbonyl (C=O) groups excluding carboxylic acids is 1. The lowest BCUT2D eigenvalue weighted by Gasteiger charge is -2.19. The van der Waals surface area contributed by atoms with Crippen LogP contribution in [0.1, 0.15) is 29.8 Å². The van der Waals surface area contributed by atoms with Gasteiger partial charge in [0.2, 0.25) is 0 Å². The fourth-order valence-corrected chi connectivity index (χ4v) is 3.14. The average molecular weight is 411 g/mol. The highest BCUT2D eigenvalue weighted by Crippen LogP contribution is 2.20. The Morgan fingerprint density at radius 3 is 2.54 bits per heavy atom. The van der Waals surface area contributed by atoms with Crippen molar-refractivity contribution in [3.05, 3.63) is 61.0 Å². The number of Topliss-reactive ketones (excluding diaryl/α,β-unsaturated/α-hetero) is 1. The molecule has 0 saturated heterocycles. The van der Waals surface area contributed by atoms with E-state index in [1.54, 1.807) is 13.1 Å². The fourth-order valence-electron chi connectivity index (χ4n) is 2.92. The molecule has 1 aromatic carbocycles. The number of likely N-dealkylation sites (N-methyl/N-ethyl adjacent to an activating group) is 1. The third-order valence-electron chi connectivity index (χ3n) is 4.31. The fraction of sp³-hybridized carbons (Fsp3) is 0.421. The second-order valence-electron chi connectivity index (χ2n) is 7.21. The van der Waals surface area contributed by atoms with Crippen LogP contribution in [-0.4, -0.2) is 33.4 Å². The lowest BCUT2D eigenvalue weighted by Crippen LogP contribution is -2.44. The minimum absolute atomic E-state index is 0.0725. The SMILES string of the molecule is CC(C)Cn1c(N)c(C(=O)CN(C)Cc2c(F)cccc2Cl)c(=O)n(C)c1=O. The van der Waals surface area contributed by atoms with Crippen molar-refractivity contribution in [3.63, 3.8) is 0 Å². The molecule has 0 aliphatic carbocycles. The van der Waals surface area contributed by atoms with Crippen LogP contribution in [0.2, 0.25) is 5.02 Å². The molecular weight excluding hydrogens is 387 g/mol. The Labute approximate surface area is 167 Å². The van der Waals surface area contributed by atoms with Crippen molar-refractivity contribution in [2.24, 2.45) is 13.0 Å². The van der Waals surface area contributed by atoms with Crippen molar-refractivity contribution >= 4 is 23.2 Å². The maximum atomic E-state index is 14.0. The van der Waals surface area contributed by atoms with Gasteiger partial charge in [-0.05, 0) is 25.1 Å². The number of ketones is 1. The van der Waals surface area contributed by atoms with E-state index in [2.05, 4.69) is 0 Å². The minimum atomic E-state index is -0.746. The van der Waals surface area contributed by atoms with E-state index in [-0.39, 0.29) is 47.5 Å². The molecule has 0 aliphatic rings. The van der Waals surface area contributed by atoms with E-state index < -0.39 is 22.8 Å². The Morgan fingerprint density at radius 1 is 1.32 bits per heavy atom. The molecule has 2 N–H and O–H groups in total. The second-order valence-corrected chi connectivity index (χ2v) is 7.61. The summed E-state index contributed by atoms with van der Waals surface area (Å²) in [6.45, 7) is 3.95. The number of nitrogens with zero attached hydrogens (tertiary/aromatic N) is 3. The number of rotatable bonds is 7. The minimum Gasteiger partial charge on any atom is -0.384 e. The van der Waals surface area contributed by atoms with Crippen molar-refractivity contribution in [2.45, 2.75) is 26.9 Å². The first-order valence-electron chi connectivity index (χ1n) is 8.78. The number of carbonyl (C=O) groups is 1. The number of halogens is 2. The molecule has 0 spiro atoms. The summed E-state index contributed by atoms with van der Waals surface area (Å²) in [6.07, 6.45) is 0. The summed E-state index contributed by atoms with van der Waals surface area (Å²) >= 11 is 6.02. The smallest absolute Gasteiger partial charge is 0.332 e. The van der Waals surface area contributed by atoms with Gasteiger partial charge in [0, 0.05) is 30.7 Å². The maximum Gasteiger partial charge on any atom is 0.332 e. The van der Waals surface area contributed by atoms with Crippen LogP contribution in [0.4, 0.5) is 10.2 Å². The predicted octanol–water partition coefficient (Wildman–Crippen LogP) is 1.89. The van der Waals surface area contributed by atoms with Gasteiger partial charge in [-0.15, -0.1) is 0 Å². The van der Waals surface area contributed by atoms with Crippen LogP contribution in [0.25, 0.3) is 0 Å². The first-order chi connectivity index (χ1) is 13.0. The van der Waals surface area contributed by atoms with E-state index in [9.17, 15) is 18.8 Å². The summed E-state index contributed by atoms with van der Waals surface area (Å²) in [5.74, 6) is -1.09. The first kappa shape index (κ1) is 21.8. The van der Waals surface area contributed by atoms with Crippen LogP contribution in [0, 0.1) is 11.7 Å². The van der Waals surface area contributed by atoms with Crippen molar-refractivity contribution in [1.29, 1.82) is 0 Å². The molecule has 0 bridgehead atoms. The van der Waals surface area contributed by atoms with Crippen LogP contribution < -0.4 is 17.0 Å². The first-order valence-corrected chi connectivity index (χ1v) is 9.16. The zero-order valence-electron chi connectivity index (χ0n) is 16.3. The van der Waals surface area contributed by atoms with E-state index in [0.717, 1.165) is 4.57 Å². The quantitative estimate of drug-likeness (QED) is 0.704. The number of nitrogens with two attached hydrogens (primary N) is 1. The molecule has 0 saturated carbocycles. The summed E-state index contributed by atoms with van der Waals surface area (Å²) in [5.41, 5.74) is 4.71. The molecule has 0 unspecified atom stereocenters. The molecule has 2 rings (SSSR count). The Hall–Kier alpha value is -2.45. The average Bonchev–Trinajstić information content (AvgIpc) is 2.60. The third-order valence-corrected chi connectivity index (χ3v) is 4.67. The topological polar surface area (TPSA) is 90.3 Å². The molecule has 28 heavy (non-hydrogen) atoms. The molecule has 9 heteroatoms. The number of anilines is 1. The van der Waals surface area contributed by atoms with Gasteiger partial charge in [-0.2, -0.15) is 0 Å². The van der Waals surface area contributed by atoms with Crippen molar-refractivity contribution < 1.29 is 9.18 Å². The summed E-state index contributed by atoms with van der Waals surface area (Å²) in [5, 5.41) is 0.250. The molecular formula is C19H24ClFN4O3. The van der Waals surface area contributed by atoms with Gasteiger partial charge >= 0.3 is 5.69 Å². The van der Waals surface area contributed by atoms with Crippen molar-refractivity contribution in [2.75, 3.05) is 19.3 Å². The molecule has 152 valence electrons. The van der Waals surface area contributed by atoms with E-state index in [0.29, 0.717) is 0 Å². The van der Waals surface area contributed by atoms with Crippen LogP contribution in [0.3, 0.4) is 0 Å². The lowest BCUT2D eigenvalue weighted by molar-refractivity contribution is 0.0940. The number of benzene rings is 1. The molecule has 1 heterocycles. The van der Waals surface area contributed by atoms with Gasteiger partial charge in [-0.25, -0.2) is 9.18 Å². The Bertz CT molecular complexity index is 993. The Morgan fingerprint density at radius 2 is 1.96 bits per heavy atom. The molecule has 2 aromatic rings. The van der Waals surface area contributed by atoms with Crippen LogP contribution in [-0.2, 0) is 20.1 Å². The predicted molar refractivity (Wildman–Crippen MR) is 107 cm³/mol. The molecule has 0 radical (unpaired) electrons. The van der Waals surface area contributed by atoms with Crippen LogP contribution in [0.15, 0.2) is 27.8 Å². The summed E-state index contributed by atoms with van der Waals surface area (Å²) in [7, 11) is 2.91. The van der Waals surface area contributed by atoms with Crippen LogP contribution >= 0.6 is 11.6 Å². The van der Waals surface area contributed by atoms with E-state index in [1.807, 2.05) is 13.8 Å². The largest absolute Gasteiger partial charge is 0.384 e. The maximum absolute atomic E-state index is 14.0. The van der Waals surface area contributed by atoms with Gasteiger partial charge in [-0.3, -0.25) is 23.6 Å². The highest BCUT2D eigenvalue weighted by Gasteiger charge is 2.23. The summed E-state index contributed by atoms with van der Waals surface area (Å²) in [4.78, 5) is 39.1. The second kappa shape index (κ2) is 8.70. The molecule has 7 nitrogen and oxygen atoms in total. The summed E-state index contributed by atoms with van der Waals surface area (Å²) < 4.78 is 16.1. The normalized spacial score (nSPS) is 11.4. The van der Waals surface area contributed by atoms with Gasteiger partial charge in [0.1, 0.15) is 17.2 Å². The highest BCUT2D eigenvalue weighted by molar-refractivity contribution is 6.31. The number of nitrogen functional groups attached to an aromatic ring is 1. The molecule has 0 amide bonds. The van der Waals surface area contributed by atoms with E-state index in [1.165, 1.54) is 28.6 Å². The molecule has 0 atom stereocenters. The highest BCUT2D eigenvalue weighted by atomic mass is 35.5. The summed E-state index contributed by atoms with van der Waals surface area (Å²) in [6, 6.07) is 4.34. The number of aromatic nitrogens is 2. The molecule has 0 fully saturated rings. The molecule has 0 aliphatic heterocycles. The van der Waals surface area contributed by atoms with E-state index >= 15 is 0 Å². The monoisotopic (exact) mass is 410 g/mol. The zero-order valence-corrected chi connectivity index (χ0v) is 17.1. The number of hydrogen-bond donors (Lipinski definition) is 1. The van der Waals surface area contributed by atoms with Gasteiger partial charge in [0.05, 0.1) is 6.54 Å². The van der Waals surface area contributed by atoms with Gasteiger partial charge < -0.3 is 5.73 Å². The van der Waals surface area contributed by atoms with Crippen molar-refractivity contribution in [1.82, 2.24) is 14.0 Å². The Kier molecular flexibility index (Phi) is 6.79.